The van der Waals surface area contributed by atoms with Crippen molar-refractivity contribution in [3.05, 3.63) is 0 Å². The summed E-state index contributed by atoms with van der Waals surface area (Å²) in [5.74, 6) is 0.660. The molecular formula is C8H17Cl2N3. The maximum Gasteiger partial charge on any atom is 0.108 e. The molecule has 2 atom stereocenters. The molecule has 0 aromatic carbocycles. The van der Waals surface area contributed by atoms with Gasteiger partial charge in [0.25, 0.3) is 0 Å². The highest BCUT2D eigenvalue weighted by Gasteiger charge is 2.28. The SMILES string of the molecule is Cl.Cl.N=C1CN[C@H]2CCCC[C@H]2N1. The number of fused-ring (bicyclic) bond motifs is 1. The largest absolute Gasteiger partial charge is 0.369 e. The zero-order valence-electron chi connectivity index (χ0n) is 7.51. The maximum atomic E-state index is 7.44. The van der Waals surface area contributed by atoms with Crippen molar-refractivity contribution in [3.8, 4) is 0 Å². The first kappa shape index (κ1) is 13.0. The molecule has 2 fully saturated rings. The van der Waals surface area contributed by atoms with Gasteiger partial charge in [-0.3, -0.25) is 5.41 Å². The van der Waals surface area contributed by atoms with E-state index in [4.69, 9.17) is 5.41 Å². The summed E-state index contributed by atoms with van der Waals surface area (Å²) in [4.78, 5) is 0. The summed E-state index contributed by atoms with van der Waals surface area (Å²) in [6.07, 6.45) is 5.19. The molecule has 0 unspecified atom stereocenters. The fourth-order valence-corrected chi connectivity index (χ4v) is 2.06. The molecule has 1 aliphatic heterocycles. The zero-order chi connectivity index (χ0) is 7.68. The third-order valence-electron chi connectivity index (χ3n) is 2.67. The zero-order valence-corrected chi connectivity index (χ0v) is 9.14. The van der Waals surface area contributed by atoms with Gasteiger partial charge in [0.05, 0.1) is 6.54 Å². The lowest BCUT2D eigenvalue weighted by Crippen LogP contribution is -2.59. The second-order valence-corrected chi connectivity index (χ2v) is 3.50. The molecular weight excluding hydrogens is 209 g/mol. The van der Waals surface area contributed by atoms with Crippen LogP contribution in [0.4, 0.5) is 0 Å². The average Bonchev–Trinajstić information content (AvgIpc) is 2.04. The molecule has 0 aromatic rings. The Hall–Kier alpha value is 0.01000. The van der Waals surface area contributed by atoms with Crippen LogP contribution in [0.5, 0.6) is 0 Å². The van der Waals surface area contributed by atoms with Crippen molar-refractivity contribution < 1.29 is 0 Å². The van der Waals surface area contributed by atoms with Crippen LogP contribution in [0, 0.1) is 5.41 Å². The smallest absolute Gasteiger partial charge is 0.108 e. The summed E-state index contributed by atoms with van der Waals surface area (Å²) in [7, 11) is 0. The monoisotopic (exact) mass is 225 g/mol. The van der Waals surface area contributed by atoms with Gasteiger partial charge in [-0.25, -0.2) is 0 Å². The van der Waals surface area contributed by atoms with E-state index in [0.29, 0.717) is 17.9 Å². The van der Waals surface area contributed by atoms with E-state index in [1.807, 2.05) is 0 Å². The molecule has 0 amide bonds. The van der Waals surface area contributed by atoms with Crippen molar-refractivity contribution in [1.82, 2.24) is 10.6 Å². The van der Waals surface area contributed by atoms with Gasteiger partial charge in [0.1, 0.15) is 5.84 Å². The first-order chi connectivity index (χ1) is 5.36. The molecule has 0 aromatic heterocycles. The minimum atomic E-state index is 0. The molecule has 13 heavy (non-hydrogen) atoms. The molecule has 1 saturated heterocycles. The van der Waals surface area contributed by atoms with Gasteiger partial charge in [-0.1, -0.05) is 12.8 Å². The summed E-state index contributed by atoms with van der Waals surface area (Å²) >= 11 is 0. The van der Waals surface area contributed by atoms with E-state index >= 15 is 0 Å². The Morgan fingerprint density at radius 3 is 2.38 bits per heavy atom. The Morgan fingerprint density at radius 1 is 1.08 bits per heavy atom. The van der Waals surface area contributed by atoms with Crippen LogP contribution >= 0.6 is 24.8 Å². The maximum absolute atomic E-state index is 7.44. The number of nitrogens with one attached hydrogen (secondary N) is 3. The van der Waals surface area contributed by atoms with E-state index in [2.05, 4.69) is 10.6 Å². The Morgan fingerprint density at radius 2 is 1.69 bits per heavy atom. The molecule has 1 aliphatic carbocycles. The second-order valence-electron chi connectivity index (χ2n) is 3.50. The number of hydrogen-bond donors (Lipinski definition) is 3. The molecule has 2 aliphatic rings. The number of amidine groups is 1. The van der Waals surface area contributed by atoms with Crippen molar-refractivity contribution >= 4 is 30.6 Å². The summed E-state index contributed by atoms with van der Waals surface area (Å²) in [6.45, 7) is 0.737. The van der Waals surface area contributed by atoms with Crippen molar-refractivity contribution in [2.45, 2.75) is 37.8 Å². The highest BCUT2D eigenvalue weighted by molar-refractivity contribution is 5.85. The van der Waals surface area contributed by atoms with Crippen LogP contribution in [-0.2, 0) is 0 Å². The molecule has 1 heterocycles. The Balaban J connectivity index is 0.000000720. The quantitative estimate of drug-likeness (QED) is 0.583. The molecule has 5 heteroatoms. The van der Waals surface area contributed by atoms with E-state index in [9.17, 15) is 0 Å². The van der Waals surface area contributed by atoms with Crippen molar-refractivity contribution in [3.63, 3.8) is 0 Å². The number of hydrogen-bond acceptors (Lipinski definition) is 2. The minimum absolute atomic E-state index is 0. The van der Waals surface area contributed by atoms with Crippen LogP contribution < -0.4 is 10.6 Å². The number of rotatable bonds is 0. The van der Waals surface area contributed by atoms with E-state index in [1.165, 1.54) is 25.7 Å². The van der Waals surface area contributed by atoms with Crippen LogP contribution in [0.3, 0.4) is 0 Å². The molecule has 3 N–H and O–H groups in total. The fourth-order valence-electron chi connectivity index (χ4n) is 2.06. The van der Waals surface area contributed by atoms with Gasteiger partial charge in [-0.2, -0.15) is 0 Å². The van der Waals surface area contributed by atoms with Gasteiger partial charge in [-0.15, -0.1) is 24.8 Å². The fraction of sp³-hybridized carbons (Fsp3) is 0.875. The van der Waals surface area contributed by atoms with E-state index in [1.54, 1.807) is 0 Å². The lowest BCUT2D eigenvalue weighted by Gasteiger charge is -2.37. The van der Waals surface area contributed by atoms with Gasteiger partial charge < -0.3 is 10.6 Å². The van der Waals surface area contributed by atoms with Gasteiger partial charge in [-0.05, 0) is 12.8 Å². The first-order valence-electron chi connectivity index (χ1n) is 4.43. The highest BCUT2D eigenvalue weighted by Crippen LogP contribution is 2.19. The Bertz CT molecular complexity index is 175. The summed E-state index contributed by atoms with van der Waals surface area (Å²) in [6, 6.07) is 1.18. The third kappa shape index (κ3) is 3.01. The van der Waals surface area contributed by atoms with Crippen LogP contribution in [0.15, 0.2) is 0 Å². The predicted octanol–water partition coefficient (Wildman–Crippen LogP) is 1.31. The molecule has 78 valence electrons. The summed E-state index contributed by atoms with van der Waals surface area (Å²) in [5, 5.41) is 14.1. The molecule has 0 spiro atoms. The average molecular weight is 226 g/mol. The summed E-state index contributed by atoms with van der Waals surface area (Å²) < 4.78 is 0. The van der Waals surface area contributed by atoms with Crippen LogP contribution in [0.2, 0.25) is 0 Å². The lowest BCUT2D eigenvalue weighted by molar-refractivity contribution is 0.299. The van der Waals surface area contributed by atoms with Crippen LogP contribution in [-0.4, -0.2) is 24.5 Å². The molecule has 2 rings (SSSR count). The first-order valence-corrected chi connectivity index (χ1v) is 4.43. The van der Waals surface area contributed by atoms with Gasteiger partial charge in [0.2, 0.25) is 0 Å². The predicted molar refractivity (Wildman–Crippen MR) is 59.4 cm³/mol. The Kier molecular flexibility index (Phi) is 5.68. The van der Waals surface area contributed by atoms with Crippen LogP contribution in [0.1, 0.15) is 25.7 Å². The standard InChI is InChI=1S/C8H15N3.2ClH/c9-8-5-10-6-3-1-2-4-7(6)11-8;;/h6-7,10H,1-5H2,(H2,9,11);2*1H/t6-,7+;;/m0../s1. The van der Waals surface area contributed by atoms with Crippen LogP contribution in [0.25, 0.3) is 0 Å². The summed E-state index contributed by atoms with van der Waals surface area (Å²) in [5.41, 5.74) is 0. The topological polar surface area (TPSA) is 47.9 Å². The van der Waals surface area contributed by atoms with Gasteiger partial charge in [0.15, 0.2) is 0 Å². The van der Waals surface area contributed by atoms with Crippen molar-refractivity contribution in [1.29, 1.82) is 5.41 Å². The lowest BCUT2D eigenvalue weighted by atomic mass is 9.89. The van der Waals surface area contributed by atoms with Gasteiger partial charge in [0, 0.05) is 12.1 Å². The van der Waals surface area contributed by atoms with Crippen molar-refractivity contribution in [2.24, 2.45) is 0 Å². The molecule has 1 saturated carbocycles. The van der Waals surface area contributed by atoms with E-state index in [-0.39, 0.29) is 24.8 Å². The number of halogens is 2. The second kappa shape index (κ2) is 5.68. The minimum Gasteiger partial charge on any atom is -0.369 e. The Labute approximate surface area is 91.4 Å². The third-order valence-corrected chi connectivity index (χ3v) is 2.67. The van der Waals surface area contributed by atoms with Crippen molar-refractivity contribution in [2.75, 3.05) is 6.54 Å². The molecule has 3 nitrogen and oxygen atoms in total. The van der Waals surface area contributed by atoms with Gasteiger partial charge >= 0.3 is 0 Å². The molecule has 0 bridgehead atoms. The molecule has 0 radical (unpaired) electrons. The van der Waals surface area contributed by atoms with E-state index in [0.717, 1.165) is 6.54 Å². The highest BCUT2D eigenvalue weighted by atomic mass is 35.5. The van der Waals surface area contributed by atoms with E-state index < -0.39 is 0 Å². The normalized spacial score (nSPS) is 31.8. The number of piperazine rings is 1.